The van der Waals surface area contributed by atoms with Gasteiger partial charge in [-0.25, -0.2) is 0 Å². The molecule has 0 radical (unpaired) electrons. The zero-order valence-corrected chi connectivity index (χ0v) is 11.6. The summed E-state index contributed by atoms with van der Waals surface area (Å²) >= 11 is 0. The normalized spacial score (nSPS) is 10.3. The van der Waals surface area contributed by atoms with E-state index in [-0.39, 0.29) is 18.0 Å². The number of benzene rings is 2. The van der Waals surface area contributed by atoms with Gasteiger partial charge in [-0.1, -0.05) is 18.2 Å². The molecule has 0 aliphatic heterocycles. The highest BCUT2D eigenvalue weighted by Gasteiger charge is 2.17. The molecule has 2 N–H and O–H groups in total. The quantitative estimate of drug-likeness (QED) is 0.501. The van der Waals surface area contributed by atoms with E-state index < -0.39 is 4.92 Å². The number of ether oxygens (including phenoxy) is 2. The molecule has 0 amide bonds. The summed E-state index contributed by atoms with van der Waals surface area (Å²) in [7, 11) is 1.60. The molecule has 2 rings (SSSR count). The minimum Gasteiger partial charge on any atom is -0.497 e. The van der Waals surface area contributed by atoms with E-state index in [2.05, 4.69) is 0 Å². The van der Waals surface area contributed by atoms with E-state index >= 15 is 0 Å². The summed E-state index contributed by atoms with van der Waals surface area (Å²) in [4.78, 5) is 10.5. The number of nitro benzene ring substituents is 1. The molecular weight excluding hydrogens is 272 g/mol. The molecule has 0 aliphatic rings. The lowest BCUT2D eigenvalue weighted by molar-refractivity contribution is -0.385. The second kappa shape index (κ2) is 6.71. The van der Waals surface area contributed by atoms with Crippen LogP contribution in [0, 0.1) is 10.1 Å². The Morgan fingerprint density at radius 2 is 1.86 bits per heavy atom. The first-order chi connectivity index (χ1) is 10.1. The summed E-state index contributed by atoms with van der Waals surface area (Å²) in [5.41, 5.74) is 7.11. The number of para-hydroxylation sites is 1. The summed E-state index contributed by atoms with van der Waals surface area (Å²) in [6, 6.07) is 12.3. The van der Waals surface area contributed by atoms with Crippen LogP contribution in [0.2, 0.25) is 0 Å². The van der Waals surface area contributed by atoms with Crippen LogP contribution < -0.4 is 10.5 Å². The summed E-state index contributed by atoms with van der Waals surface area (Å²) in [5.74, 6) is 0.769. The Bertz CT molecular complexity index is 626. The van der Waals surface area contributed by atoms with E-state index in [4.69, 9.17) is 15.2 Å². The van der Waals surface area contributed by atoms with Gasteiger partial charge >= 0.3 is 0 Å². The fourth-order valence-electron chi connectivity index (χ4n) is 1.95. The fourth-order valence-corrected chi connectivity index (χ4v) is 1.95. The van der Waals surface area contributed by atoms with Crippen LogP contribution in [0.15, 0.2) is 42.5 Å². The molecule has 0 spiro atoms. The minimum absolute atomic E-state index is 0.0905. The van der Waals surface area contributed by atoms with Crippen molar-refractivity contribution in [1.29, 1.82) is 0 Å². The lowest BCUT2D eigenvalue weighted by Gasteiger charge is -2.07. The third-order valence-electron chi connectivity index (χ3n) is 3.02. The van der Waals surface area contributed by atoms with Gasteiger partial charge in [0.05, 0.1) is 30.8 Å². The van der Waals surface area contributed by atoms with E-state index in [0.29, 0.717) is 12.2 Å². The average Bonchev–Trinajstić information content (AvgIpc) is 2.47. The van der Waals surface area contributed by atoms with Crippen LogP contribution in [0.1, 0.15) is 11.1 Å². The van der Waals surface area contributed by atoms with Crippen molar-refractivity contribution in [2.45, 2.75) is 13.2 Å². The minimum atomic E-state index is -0.485. The van der Waals surface area contributed by atoms with Crippen LogP contribution in [0.4, 0.5) is 11.4 Å². The standard InChI is InChI=1S/C15H16N2O4/c1-20-13-7-5-11(6-8-13)9-21-10-12-3-2-4-14(16)15(12)17(18)19/h2-8H,9-10,16H2,1H3. The van der Waals surface area contributed by atoms with E-state index in [1.807, 2.05) is 24.3 Å². The maximum Gasteiger partial charge on any atom is 0.297 e. The maximum absolute atomic E-state index is 11.0. The first-order valence-electron chi connectivity index (χ1n) is 6.34. The first kappa shape index (κ1) is 14.8. The van der Waals surface area contributed by atoms with E-state index in [9.17, 15) is 10.1 Å². The fraction of sp³-hybridized carbons (Fsp3) is 0.200. The molecule has 0 atom stereocenters. The molecule has 6 nitrogen and oxygen atoms in total. The van der Waals surface area contributed by atoms with Gasteiger partial charge in [0.15, 0.2) is 0 Å². The Labute approximate surface area is 122 Å². The summed E-state index contributed by atoms with van der Waals surface area (Å²) in [5, 5.41) is 11.0. The van der Waals surface area contributed by atoms with Crippen molar-refractivity contribution >= 4 is 11.4 Å². The lowest BCUT2D eigenvalue weighted by atomic mass is 10.1. The van der Waals surface area contributed by atoms with Crippen LogP contribution in [-0.4, -0.2) is 12.0 Å². The molecule has 0 heterocycles. The Morgan fingerprint density at radius 1 is 1.14 bits per heavy atom. The monoisotopic (exact) mass is 288 g/mol. The highest BCUT2D eigenvalue weighted by molar-refractivity contribution is 5.62. The Balaban J connectivity index is 2.00. The molecule has 0 aliphatic carbocycles. The summed E-state index contributed by atoms with van der Waals surface area (Å²) in [6.07, 6.45) is 0. The molecule has 0 aromatic heterocycles. The lowest BCUT2D eigenvalue weighted by Crippen LogP contribution is -2.02. The van der Waals surface area contributed by atoms with Gasteiger partial charge in [-0.15, -0.1) is 0 Å². The van der Waals surface area contributed by atoms with Crippen molar-refractivity contribution < 1.29 is 14.4 Å². The summed E-state index contributed by atoms with van der Waals surface area (Å²) < 4.78 is 10.6. The van der Waals surface area contributed by atoms with Crippen molar-refractivity contribution in [1.82, 2.24) is 0 Å². The van der Waals surface area contributed by atoms with Crippen molar-refractivity contribution in [2.75, 3.05) is 12.8 Å². The van der Waals surface area contributed by atoms with Gasteiger partial charge in [-0.3, -0.25) is 10.1 Å². The predicted octanol–water partition coefficient (Wildman–Crippen LogP) is 2.90. The number of nitrogens with zero attached hydrogens (tertiary/aromatic N) is 1. The molecule has 0 saturated carbocycles. The number of hydrogen-bond donors (Lipinski definition) is 1. The van der Waals surface area contributed by atoms with E-state index in [0.717, 1.165) is 11.3 Å². The van der Waals surface area contributed by atoms with Crippen LogP contribution >= 0.6 is 0 Å². The maximum atomic E-state index is 11.0. The van der Waals surface area contributed by atoms with Gasteiger partial charge in [-0.2, -0.15) is 0 Å². The topological polar surface area (TPSA) is 87.6 Å². The number of methoxy groups -OCH3 is 1. The molecule has 2 aromatic rings. The molecule has 0 fully saturated rings. The zero-order chi connectivity index (χ0) is 15.2. The average molecular weight is 288 g/mol. The number of nitrogen functional groups attached to an aromatic ring is 1. The highest BCUT2D eigenvalue weighted by Crippen LogP contribution is 2.26. The number of rotatable bonds is 6. The third-order valence-corrected chi connectivity index (χ3v) is 3.02. The number of anilines is 1. The number of nitro groups is 1. The largest absolute Gasteiger partial charge is 0.497 e. The Hall–Kier alpha value is -2.60. The van der Waals surface area contributed by atoms with Crippen molar-refractivity contribution in [3.63, 3.8) is 0 Å². The van der Waals surface area contributed by atoms with Gasteiger partial charge in [0.25, 0.3) is 5.69 Å². The molecule has 21 heavy (non-hydrogen) atoms. The van der Waals surface area contributed by atoms with Gasteiger partial charge < -0.3 is 15.2 Å². The van der Waals surface area contributed by atoms with Crippen LogP contribution in [0.5, 0.6) is 5.75 Å². The van der Waals surface area contributed by atoms with Crippen LogP contribution in [0.25, 0.3) is 0 Å². The molecular formula is C15H16N2O4. The predicted molar refractivity (Wildman–Crippen MR) is 79.0 cm³/mol. The molecule has 110 valence electrons. The number of hydrogen-bond acceptors (Lipinski definition) is 5. The molecule has 2 aromatic carbocycles. The highest BCUT2D eigenvalue weighted by atomic mass is 16.6. The summed E-state index contributed by atoms with van der Waals surface area (Å²) in [6.45, 7) is 0.489. The van der Waals surface area contributed by atoms with Gasteiger partial charge in [0, 0.05) is 0 Å². The third kappa shape index (κ3) is 3.70. The molecule has 6 heteroatoms. The molecule has 0 bridgehead atoms. The smallest absolute Gasteiger partial charge is 0.297 e. The van der Waals surface area contributed by atoms with Crippen molar-refractivity contribution in [3.05, 3.63) is 63.7 Å². The Morgan fingerprint density at radius 3 is 2.48 bits per heavy atom. The molecule has 0 saturated heterocycles. The van der Waals surface area contributed by atoms with Gasteiger partial charge in [-0.05, 0) is 29.8 Å². The second-order valence-corrected chi connectivity index (χ2v) is 4.45. The van der Waals surface area contributed by atoms with Crippen molar-refractivity contribution in [2.24, 2.45) is 0 Å². The Kier molecular flexibility index (Phi) is 4.73. The second-order valence-electron chi connectivity index (χ2n) is 4.45. The van der Waals surface area contributed by atoms with Gasteiger partial charge in [0.1, 0.15) is 11.4 Å². The van der Waals surface area contributed by atoms with E-state index in [1.54, 1.807) is 19.2 Å². The van der Waals surface area contributed by atoms with Gasteiger partial charge in [0.2, 0.25) is 0 Å². The zero-order valence-electron chi connectivity index (χ0n) is 11.6. The molecule has 0 unspecified atom stereocenters. The number of nitrogens with two attached hydrogens (primary N) is 1. The van der Waals surface area contributed by atoms with Crippen LogP contribution in [0.3, 0.4) is 0 Å². The van der Waals surface area contributed by atoms with Crippen LogP contribution in [-0.2, 0) is 18.0 Å². The van der Waals surface area contributed by atoms with E-state index in [1.165, 1.54) is 6.07 Å². The SMILES string of the molecule is COc1ccc(COCc2cccc(N)c2[N+](=O)[O-])cc1. The van der Waals surface area contributed by atoms with Crippen molar-refractivity contribution in [3.8, 4) is 5.75 Å². The first-order valence-corrected chi connectivity index (χ1v) is 6.34.